The van der Waals surface area contributed by atoms with E-state index in [2.05, 4.69) is 36.4 Å². The lowest BCUT2D eigenvalue weighted by Gasteiger charge is -2.26. The van der Waals surface area contributed by atoms with Gasteiger partial charge in [0, 0.05) is 17.1 Å². The van der Waals surface area contributed by atoms with Crippen LogP contribution >= 0.6 is 0 Å². The average Bonchev–Trinajstić information content (AvgIpc) is 3.10. The number of nitrogens with zero attached hydrogens (tertiary/aromatic N) is 1. The molecule has 0 bridgehead atoms. The Labute approximate surface area is 247 Å². The van der Waals surface area contributed by atoms with E-state index in [9.17, 15) is 2.74 Å². The number of fused-ring (bicyclic) bond motifs is 1. The zero-order valence-electron chi connectivity index (χ0n) is 26.4. The zero-order valence-corrected chi connectivity index (χ0v) is 22.4. The smallest absolute Gasteiger partial charge is 0.0645 e. The minimum atomic E-state index is -0.0995. The van der Waals surface area contributed by atoms with E-state index in [0.717, 1.165) is 44.4 Å². The minimum absolute atomic E-state index is 0.0791. The van der Waals surface area contributed by atoms with E-state index in [4.69, 9.17) is 2.74 Å². The largest absolute Gasteiger partial charge is 0.310 e. The van der Waals surface area contributed by atoms with Crippen molar-refractivity contribution in [3.05, 3.63) is 176 Å². The quantitative estimate of drug-likeness (QED) is 0.208. The van der Waals surface area contributed by atoms with E-state index in [-0.39, 0.29) is 35.4 Å². The second kappa shape index (κ2) is 11.0. The fourth-order valence-corrected chi connectivity index (χ4v) is 5.30. The molecule has 7 aromatic carbocycles. The predicted octanol–water partition coefficient (Wildman–Crippen LogP) is 11.3. The van der Waals surface area contributed by atoms with Gasteiger partial charge in [0.25, 0.3) is 0 Å². The standard InChI is InChI=1S/C40H29N/c1-3-11-30(12-4-1)31-21-23-32(24-22-31)33-25-27-37(28-26-33)41(36-16-5-2-6-17-36)38-18-9-15-35(29-38)40-20-10-14-34-13-7-8-19-39(34)40/h1-29H/i25D,26D,27D,28D. The van der Waals surface area contributed by atoms with Crippen LogP contribution < -0.4 is 4.90 Å². The molecule has 0 N–H and O–H groups in total. The number of rotatable bonds is 6. The second-order valence-corrected chi connectivity index (χ2v) is 9.91. The van der Waals surface area contributed by atoms with E-state index >= 15 is 0 Å². The van der Waals surface area contributed by atoms with Crippen LogP contribution in [0, 0.1) is 0 Å². The first-order valence-electron chi connectivity index (χ1n) is 15.7. The van der Waals surface area contributed by atoms with Crippen LogP contribution in [0.15, 0.2) is 176 Å². The summed E-state index contributed by atoms with van der Waals surface area (Å²) < 4.78 is 36.6. The summed E-state index contributed by atoms with van der Waals surface area (Å²) in [4.78, 5) is 1.83. The molecular weight excluding hydrogens is 494 g/mol. The van der Waals surface area contributed by atoms with Gasteiger partial charge in [-0.2, -0.15) is 0 Å². The molecule has 0 fully saturated rings. The van der Waals surface area contributed by atoms with E-state index in [0.29, 0.717) is 5.56 Å². The normalized spacial score (nSPS) is 12.3. The molecule has 0 saturated heterocycles. The summed E-state index contributed by atoms with van der Waals surface area (Å²) in [5, 5.41) is 2.28. The first kappa shape index (κ1) is 20.5. The van der Waals surface area contributed by atoms with Crippen molar-refractivity contribution in [3.8, 4) is 33.4 Å². The van der Waals surface area contributed by atoms with Crippen LogP contribution in [0.4, 0.5) is 17.1 Å². The Morgan fingerprint density at radius 3 is 1.66 bits per heavy atom. The molecule has 0 aliphatic rings. The molecule has 1 heteroatoms. The van der Waals surface area contributed by atoms with Gasteiger partial charge in [0.15, 0.2) is 0 Å². The van der Waals surface area contributed by atoms with E-state index in [1.165, 1.54) is 0 Å². The maximum atomic E-state index is 9.22. The molecule has 41 heavy (non-hydrogen) atoms. The number of benzene rings is 7. The van der Waals surface area contributed by atoms with Gasteiger partial charge in [-0.3, -0.25) is 0 Å². The topological polar surface area (TPSA) is 3.24 Å². The first-order chi connectivity index (χ1) is 22.0. The lowest BCUT2D eigenvalue weighted by molar-refractivity contribution is 1.28. The molecule has 0 aromatic heterocycles. The third-order valence-corrected chi connectivity index (χ3v) is 7.34. The summed E-state index contributed by atoms with van der Waals surface area (Å²) in [6.07, 6.45) is 0. The molecule has 0 radical (unpaired) electrons. The summed E-state index contributed by atoms with van der Waals surface area (Å²) in [6, 6.07) is 49.5. The molecule has 0 aliphatic carbocycles. The van der Waals surface area contributed by atoms with Crippen LogP contribution in [0.3, 0.4) is 0 Å². The third kappa shape index (κ3) is 5.02. The van der Waals surface area contributed by atoms with Crippen molar-refractivity contribution >= 4 is 27.8 Å². The Morgan fingerprint density at radius 2 is 0.902 bits per heavy atom. The second-order valence-electron chi connectivity index (χ2n) is 9.91. The molecule has 0 unspecified atom stereocenters. The molecule has 0 spiro atoms. The summed E-state index contributed by atoms with van der Waals surface area (Å²) in [5.41, 5.74) is 6.79. The number of hydrogen-bond donors (Lipinski definition) is 0. The molecule has 0 saturated carbocycles. The highest BCUT2D eigenvalue weighted by molar-refractivity contribution is 5.97. The van der Waals surface area contributed by atoms with Gasteiger partial charge >= 0.3 is 0 Å². The van der Waals surface area contributed by atoms with Crippen molar-refractivity contribution in [2.75, 3.05) is 4.90 Å². The van der Waals surface area contributed by atoms with Crippen LogP contribution in [0.2, 0.25) is 0 Å². The molecule has 0 aliphatic heterocycles. The molecular formula is C40H29N. The zero-order chi connectivity index (χ0) is 30.9. The summed E-state index contributed by atoms with van der Waals surface area (Å²) in [7, 11) is 0. The van der Waals surface area contributed by atoms with Gasteiger partial charge in [-0.15, -0.1) is 0 Å². The maximum absolute atomic E-state index is 9.22. The maximum Gasteiger partial charge on any atom is 0.0645 e. The monoisotopic (exact) mass is 527 g/mol. The predicted molar refractivity (Wildman–Crippen MR) is 175 cm³/mol. The molecule has 194 valence electrons. The average molecular weight is 528 g/mol. The Balaban J connectivity index is 1.37. The van der Waals surface area contributed by atoms with Gasteiger partial charge in [0.05, 0.1) is 5.48 Å². The molecule has 7 aromatic rings. The van der Waals surface area contributed by atoms with Crippen LogP contribution in [0.25, 0.3) is 44.2 Å². The summed E-state index contributed by atoms with van der Waals surface area (Å²) in [6.45, 7) is 0. The van der Waals surface area contributed by atoms with Crippen LogP contribution in [-0.2, 0) is 0 Å². The number of hydrogen-bond acceptors (Lipinski definition) is 1. The summed E-state index contributed by atoms with van der Waals surface area (Å²) >= 11 is 0. The van der Waals surface area contributed by atoms with E-state index < -0.39 is 0 Å². The van der Waals surface area contributed by atoms with Crippen molar-refractivity contribution in [3.63, 3.8) is 0 Å². The van der Waals surface area contributed by atoms with Crippen LogP contribution in [-0.4, -0.2) is 0 Å². The Bertz CT molecular complexity index is 2110. The van der Waals surface area contributed by atoms with Crippen LogP contribution in [0.1, 0.15) is 5.48 Å². The first-order valence-corrected chi connectivity index (χ1v) is 13.7. The fraction of sp³-hybridized carbons (Fsp3) is 0. The Hall–Kier alpha value is -5.40. The molecule has 0 atom stereocenters. The van der Waals surface area contributed by atoms with Crippen molar-refractivity contribution in [1.29, 1.82) is 0 Å². The highest BCUT2D eigenvalue weighted by atomic mass is 15.1. The van der Waals surface area contributed by atoms with E-state index in [1.807, 2.05) is 120 Å². The molecule has 7 rings (SSSR count). The van der Waals surface area contributed by atoms with Gasteiger partial charge in [0.1, 0.15) is 0 Å². The van der Waals surface area contributed by atoms with Crippen molar-refractivity contribution < 1.29 is 5.48 Å². The fourth-order valence-electron chi connectivity index (χ4n) is 5.30. The van der Waals surface area contributed by atoms with Crippen LogP contribution in [0.5, 0.6) is 0 Å². The highest BCUT2D eigenvalue weighted by Crippen LogP contribution is 2.38. The Kier molecular flexibility index (Phi) is 5.50. The molecule has 0 heterocycles. The summed E-state index contributed by atoms with van der Waals surface area (Å²) in [5.74, 6) is 0. The van der Waals surface area contributed by atoms with Crippen molar-refractivity contribution in [1.82, 2.24) is 0 Å². The molecule has 1 nitrogen and oxygen atoms in total. The van der Waals surface area contributed by atoms with Crippen molar-refractivity contribution in [2.24, 2.45) is 0 Å². The van der Waals surface area contributed by atoms with Gasteiger partial charge in [-0.25, -0.2) is 0 Å². The lowest BCUT2D eigenvalue weighted by atomic mass is 9.97. The van der Waals surface area contributed by atoms with Gasteiger partial charge < -0.3 is 4.90 Å². The van der Waals surface area contributed by atoms with Gasteiger partial charge in [-0.05, 0) is 80.5 Å². The number of para-hydroxylation sites is 1. The van der Waals surface area contributed by atoms with Crippen molar-refractivity contribution in [2.45, 2.75) is 0 Å². The minimum Gasteiger partial charge on any atom is -0.310 e. The SMILES string of the molecule is [2H]c1c([2H])c(N(c2ccccc2)c2cccc(-c3cccc4ccccc34)c2)c([2H])c([2H])c1-c1ccc(-c2ccccc2)cc1. The highest BCUT2D eigenvalue weighted by Gasteiger charge is 2.14. The third-order valence-electron chi connectivity index (χ3n) is 7.34. The molecule has 0 amide bonds. The van der Waals surface area contributed by atoms with Gasteiger partial charge in [-0.1, -0.05) is 139 Å². The van der Waals surface area contributed by atoms with Gasteiger partial charge in [0.2, 0.25) is 0 Å². The Morgan fingerprint density at radius 1 is 0.366 bits per heavy atom. The lowest BCUT2D eigenvalue weighted by Crippen LogP contribution is -2.09. The van der Waals surface area contributed by atoms with E-state index in [1.54, 1.807) is 0 Å². The number of anilines is 3.